The van der Waals surface area contributed by atoms with Crippen molar-refractivity contribution >= 4 is 93.2 Å². The van der Waals surface area contributed by atoms with Crippen molar-refractivity contribution in [3.05, 3.63) is 153 Å². The number of hydrogen-bond acceptors (Lipinski definition) is 23. The Bertz CT molecular complexity index is 4560. The van der Waals surface area contributed by atoms with Gasteiger partial charge < -0.3 is 70.0 Å². The lowest BCUT2D eigenvalue weighted by Crippen LogP contribution is -2.61. The number of aliphatic carboxylic acids is 1. The molecule has 0 saturated carbocycles. The number of phenolic OH excluding ortho intramolecular Hbond substituents is 1. The van der Waals surface area contributed by atoms with E-state index in [0.717, 1.165) is 34.2 Å². The van der Waals surface area contributed by atoms with Gasteiger partial charge in [0.2, 0.25) is 12.2 Å². The Morgan fingerprint density at radius 1 is 0.849 bits per heavy atom. The molecule has 1 fully saturated rings. The summed E-state index contributed by atoms with van der Waals surface area (Å²) in [6.07, 6.45) is -5.30. The van der Waals surface area contributed by atoms with Gasteiger partial charge in [0.1, 0.15) is 71.4 Å². The Morgan fingerprint density at radius 3 is 2.39 bits per heavy atom. The van der Waals surface area contributed by atoms with E-state index in [1.807, 2.05) is 56.3 Å². The fourth-order valence-corrected chi connectivity index (χ4v) is 12.2. The third kappa shape index (κ3) is 13.0. The molecule has 27 heteroatoms. The van der Waals surface area contributed by atoms with Gasteiger partial charge in [-0.15, -0.1) is 35.5 Å². The number of fused-ring (bicyclic) bond motifs is 6. The number of thiol groups is 2. The molecule has 480 valence electrons. The number of nitrogens with zero attached hydrogens (tertiary/aromatic N) is 7. The van der Waals surface area contributed by atoms with Gasteiger partial charge in [0.25, 0.3) is 5.56 Å². The summed E-state index contributed by atoms with van der Waals surface area (Å²) in [5.41, 5.74) is 15.8. The fraction of sp³-hybridized carbons (Fsp3) is 0.288. The number of carboxylic acids is 1. The Balaban J connectivity index is 0.656. The highest BCUT2D eigenvalue weighted by Crippen LogP contribution is 2.45. The lowest BCUT2D eigenvalue weighted by molar-refractivity contribution is -0.271. The number of phenols is 1. The van der Waals surface area contributed by atoms with Crippen LogP contribution >= 0.6 is 25.3 Å². The molecule has 1 amide bonds. The number of benzene rings is 6. The molecule has 6 atom stereocenters. The molecular weight excluding hydrogens is 1240 g/mol. The smallest absolute Gasteiger partial charge is 0.335 e. The lowest BCUT2D eigenvalue weighted by atomic mass is 9.87. The molecule has 25 nitrogen and oxygen atoms in total. The number of unbranched alkanes of at least 4 members (excludes halogenated alkanes) is 2. The molecule has 0 radical (unpaired) electrons. The van der Waals surface area contributed by atoms with Crippen molar-refractivity contribution in [2.24, 2.45) is 10.2 Å². The zero-order valence-electron chi connectivity index (χ0n) is 50.3. The summed E-state index contributed by atoms with van der Waals surface area (Å²) in [5.74, 6) is -1.74. The van der Waals surface area contributed by atoms with Gasteiger partial charge in [-0.1, -0.05) is 36.8 Å². The van der Waals surface area contributed by atoms with Gasteiger partial charge in [-0.2, -0.15) is 5.11 Å². The average Bonchev–Trinajstić information content (AvgIpc) is 1.65. The molecule has 10 N–H and O–H groups in total. The standard InChI is InChI=1S/C66H64N10O15S2/c1-4-66(86)27-53(78)91-73-57-43(66)25-48-56-38(28-76(48)63(57)83)22-37-23-40(13-17-46(37)69-56)87-30-36-9-12-41(89-65-61(82)59(80)60(81)62(90-65)64(84)85)24-49(36)88-31-39-29-75(74-70-39)19-7-5-6-8-52(77)68-44-15-10-34(20-32(44)2)35-11-16-45(33(3)21-35)71-72-47-18-14-42-50(92)26-51(93)55(67)54(42)58(47)79/h9-18,20-26,29,59-62,65,73,79-82,86,92-93H,4-8,19,27-28,30-31,67H2,1-3H3,(H,68,77)(H,84,85)/t59-,60-,61+,62-,65+,66+/m0/s1. The number of hydrogen-bond donors (Lipinski definition) is 11. The summed E-state index contributed by atoms with van der Waals surface area (Å²) in [7, 11) is 0. The van der Waals surface area contributed by atoms with Crippen molar-refractivity contribution in [2.75, 3.05) is 16.5 Å². The number of aliphatic hydroxyl groups is 4. The molecule has 6 aromatic carbocycles. The summed E-state index contributed by atoms with van der Waals surface area (Å²) in [6.45, 7) is 6.15. The zero-order chi connectivity index (χ0) is 65.6. The molecule has 0 bridgehead atoms. The Morgan fingerprint density at radius 2 is 1.61 bits per heavy atom. The van der Waals surface area contributed by atoms with E-state index in [-0.39, 0.29) is 72.7 Å². The van der Waals surface area contributed by atoms with Crippen LogP contribution in [0.4, 0.5) is 28.4 Å². The van der Waals surface area contributed by atoms with Gasteiger partial charge in [-0.3, -0.25) is 14.3 Å². The van der Waals surface area contributed by atoms with Crippen LogP contribution in [0.15, 0.2) is 134 Å². The number of aromatic hydroxyl groups is 1. The van der Waals surface area contributed by atoms with E-state index >= 15 is 0 Å². The Labute approximate surface area is 541 Å². The SMILES string of the molecule is CC[C@@]1(O)CC(=O)ONc2c1cc1n(c2=O)Cc2cc3cc(OCc4ccc(O[C@@H]5O[C@H](C(=O)O)[C@@H](O)[C@H](O)[C@H]5O)cc4OCc4cn(CCCCCC(=O)Nc5ccc(-c6ccc(N=Nc7ccc8c(S)cc(S)c(N)c8c7O)c(C)c6)cc5C)nn4)ccc3nc2-1. The number of pyridine rings is 2. The van der Waals surface area contributed by atoms with Gasteiger partial charge in [-0.05, 0) is 134 Å². The predicted molar refractivity (Wildman–Crippen MR) is 346 cm³/mol. The number of nitrogen functional groups attached to an aromatic ring is 1. The van der Waals surface area contributed by atoms with Gasteiger partial charge >= 0.3 is 11.9 Å². The third-order valence-corrected chi connectivity index (χ3v) is 17.6. The molecule has 93 heavy (non-hydrogen) atoms. The monoisotopic (exact) mass is 1300 g/mol. The van der Waals surface area contributed by atoms with E-state index < -0.39 is 53.8 Å². The van der Waals surface area contributed by atoms with Crippen molar-refractivity contribution < 1.29 is 68.8 Å². The molecule has 12 rings (SSSR count). The zero-order valence-corrected chi connectivity index (χ0v) is 52.1. The van der Waals surface area contributed by atoms with Crippen LogP contribution in [0.2, 0.25) is 0 Å². The Kier molecular flexibility index (Phi) is 17.9. The number of rotatable bonds is 20. The Hall–Kier alpha value is -9.61. The van der Waals surface area contributed by atoms with Crippen molar-refractivity contribution in [1.82, 2.24) is 24.5 Å². The summed E-state index contributed by atoms with van der Waals surface area (Å²) in [4.78, 5) is 62.3. The normalized spacial score (nSPS) is 19.2. The minimum Gasteiger partial charge on any atom is -0.505 e. The van der Waals surface area contributed by atoms with Crippen LogP contribution in [-0.4, -0.2) is 104 Å². The first-order valence-electron chi connectivity index (χ1n) is 29.8. The summed E-state index contributed by atoms with van der Waals surface area (Å²) >= 11 is 8.90. The van der Waals surface area contributed by atoms with Crippen LogP contribution in [0.1, 0.15) is 79.0 Å². The number of aryl methyl sites for hydroxylation is 3. The van der Waals surface area contributed by atoms with Crippen molar-refractivity contribution in [3.8, 4) is 45.5 Å². The highest BCUT2D eigenvalue weighted by Gasteiger charge is 2.48. The van der Waals surface area contributed by atoms with E-state index in [1.165, 1.54) is 16.7 Å². The molecule has 3 aromatic heterocycles. The largest absolute Gasteiger partial charge is 0.505 e. The first-order valence-corrected chi connectivity index (χ1v) is 30.7. The minimum atomic E-state index is -1.92. The summed E-state index contributed by atoms with van der Waals surface area (Å²) < 4.78 is 27.0. The summed E-state index contributed by atoms with van der Waals surface area (Å²) in [5, 5.41) is 85.8. The number of nitrogens with one attached hydrogen (secondary N) is 2. The van der Waals surface area contributed by atoms with Crippen LogP contribution in [0.3, 0.4) is 0 Å². The number of azo groups is 1. The van der Waals surface area contributed by atoms with E-state index in [1.54, 1.807) is 66.3 Å². The number of carbonyl (C=O) groups is 3. The van der Waals surface area contributed by atoms with E-state index in [0.29, 0.717) is 103 Å². The minimum absolute atomic E-state index is 0.0174. The number of amides is 1. The van der Waals surface area contributed by atoms with Gasteiger partial charge in [0, 0.05) is 62.0 Å². The second-order valence-corrected chi connectivity index (χ2v) is 24.1. The van der Waals surface area contributed by atoms with Gasteiger partial charge in [0.05, 0.1) is 52.8 Å². The van der Waals surface area contributed by atoms with Crippen molar-refractivity contribution in [1.29, 1.82) is 0 Å². The second-order valence-electron chi connectivity index (χ2n) is 23.1. The maximum absolute atomic E-state index is 13.8. The van der Waals surface area contributed by atoms with Crippen LogP contribution in [0.25, 0.3) is 44.2 Å². The third-order valence-electron chi connectivity index (χ3n) is 16.8. The number of anilines is 3. The lowest BCUT2D eigenvalue weighted by Gasteiger charge is -2.38. The number of aliphatic hydroxyl groups excluding tert-OH is 3. The molecule has 6 heterocycles. The fourth-order valence-electron chi connectivity index (χ4n) is 11.6. The van der Waals surface area contributed by atoms with E-state index in [4.69, 9.17) is 34.5 Å². The van der Waals surface area contributed by atoms with Gasteiger partial charge in [-0.25, -0.2) is 20.1 Å². The van der Waals surface area contributed by atoms with Crippen molar-refractivity contribution in [2.45, 2.75) is 132 Å². The molecular formula is C66H64N10O15S2. The molecule has 3 aliphatic rings. The van der Waals surface area contributed by atoms with Crippen molar-refractivity contribution in [3.63, 3.8) is 0 Å². The first-order chi connectivity index (χ1) is 44.6. The topological polar surface area (TPSA) is 359 Å². The highest BCUT2D eigenvalue weighted by atomic mass is 32.1. The molecule has 3 aliphatic heterocycles. The van der Waals surface area contributed by atoms with Crippen LogP contribution < -0.4 is 36.3 Å². The maximum Gasteiger partial charge on any atom is 0.335 e. The highest BCUT2D eigenvalue weighted by molar-refractivity contribution is 7.81. The second kappa shape index (κ2) is 26.2. The van der Waals surface area contributed by atoms with Crippen LogP contribution in [0, 0.1) is 13.8 Å². The van der Waals surface area contributed by atoms with Gasteiger partial charge in [0.15, 0.2) is 11.9 Å². The number of aromatic nitrogens is 5. The molecule has 9 aromatic rings. The number of nitrogens with two attached hydrogens (primary N) is 1. The molecule has 0 spiro atoms. The molecule has 0 unspecified atom stereocenters. The van der Waals surface area contributed by atoms with E-state index in [2.05, 4.69) is 56.6 Å². The number of carboxylic acid groups (broad SMARTS) is 1. The number of ether oxygens (including phenoxy) is 4. The maximum atomic E-state index is 13.8. The summed E-state index contributed by atoms with van der Waals surface area (Å²) in [6, 6.07) is 30.3. The van der Waals surface area contributed by atoms with Crippen LogP contribution in [0.5, 0.6) is 23.0 Å². The average molecular weight is 1300 g/mol. The molecule has 0 aliphatic carbocycles. The van der Waals surface area contributed by atoms with E-state index in [9.17, 15) is 49.8 Å². The quantitative estimate of drug-likeness (QED) is 0.0146. The molecule has 1 saturated heterocycles. The first kappa shape index (κ1) is 63.5. The number of carbonyl (C=O) groups excluding carboxylic acids is 2. The van der Waals surface area contributed by atoms with Crippen LogP contribution in [-0.2, 0) is 55.9 Å². The predicted octanol–water partition coefficient (Wildman–Crippen LogP) is 9.23.